The molecule has 7 heteroatoms. The van der Waals surface area contributed by atoms with Crippen molar-refractivity contribution in [2.24, 2.45) is 0 Å². The van der Waals surface area contributed by atoms with Gasteiger partial charge in [0.25, 0.3) is 0 Å². The second-order valence-corrected chi connectivity index (χ2v) is 4.27. The van der Waals surface area contributed by atoms with Crippen molar-refractivity contribution in [1.29, 1.82) is 0 Å². The van der Waals surface area contributed by atoms with Crippen LogP contribution in [0.5, 0.6) is 5.75 Å². The average molecular weight is 306 g/mol. The molecule has 0 fully saturated rings. The van der Waals surface area contributed by atoms with Gasteiger partial charge in [0.1, 0.15) is 5.75 Å². The van der Waals surface area contributed by atoms with Gasteiger partial charge in [-0.3, -0.25) is 9.59 Å². The first-order chi connectivity index (χ1) is 10.5. The smallest absolute Gasteiger partial charge is 0.314 e. The molecule has 0 aliphatic heterocycles. The number of hydrogen-bond donors (Lipinski definition) is 2. The van der Waals surface area contributed by atoms with Gasteiger partial charge in [-0.2, -0.15) is 0 Å². The average Bonchev–Trinajstić information content (AvgIpc) is 2.51. The van der Waals surface area contributed by atoms with E-state index in [4.69, 9.17) is 4.74 Å². The van der Waals surface area contributed by atoms with E-state index in [2.05, 4.69) is 10.6 Å². The Kier molecular flexibility index (Phi) is 4.67. The van der Waals surface area contributed by atoms with E-state index in [-0.39, 0.29) is 5.69 Å². The number of benzene rings is 2. The third kappa shape index (κ3) is 3.78. The van der Waals surface area contributed by atoms with Crippen LogP contribution in [0.4, 0.5) is 20.2 Å². The lowest BCUT2D eigenvalue weighted by Gasteiger charge is -2.08. The molecule has 2 aromatic rings. The van der Waals surface area contributed by atoms with Crippen LogP contribution in [0.25, 0.3) is 0 Å². The fraction of sp³-hybridized carbons (Fsp3) is 0.0667. The molecule has 0 aliphatic rings. The van der Waals surface area contributed by atoms with Crippen LogP contribution in [0, 0.1) is 11.6 Å². The Morgan fingerprint density at radius 1 is 0.909 bits per heavy atom. The highest BCUT2D eigenvalue weighted by atomic mass is 19.2. The number of amides is 2. The molecule has 0 aliphatic carbocycles. The number of carbonyl (C=O) groups is 2. The molecule has 2 amide bonds. The second kappa shape index (κ2) is 6.66. The zero-order valence-corrected chi connectivity index (χ0v) is 11.5. The van der Waals surface area contributed by atoms with Crippen molar-refractivity contribution in [3.05, 3.63) is 54.1 Å². The Bertz CT molecular complexity index is 720. The highest BCUT2D eigenvalue weighted by molar-refractivity contribution is 6.43. The molecule has 2 N–H and O–H groups in total. The van der Waals surface area contributed by atoms with Gasteiger partial charge in [-0.25, -0.2) is 8.78 Å². The van der Waals surface area contributed by atoms with E-state index in [0.717, 1.165) is 18.2 Å². The number of methoxy groups -OCH3 is 1. The van der Waals surface area contributed by atoms with E-state index in [1.165, 1.54) is 13.2 Å². The molecule has 0 heterocycles. The Morgan fingerprint density at radius 3 is 2.14 bits per heavy atom. The summed E-state index contributed by atoms with van der Waals surface area (Å²) in [7, 11) is 1.47. The SMILES string of the molecule is COc1cccc(NC(=O)C(=O)Nc2ccc(F)c(F)c2)c1. The van der Waals surface area contributed by atoms with Crippen LogP contribution in [0.3, 0.4) is 0 Å². The number of halogens is 2. The minimum Gasteiger partial charge on any atom is -0.497 e. The predicted octanol–water partition coefficient (Wildman–Crippen LogP) is 2.55. The summed E-state index contributed by atoms with van der Waals surface area (Å²) in [5, 5.41) is 4.53. The fourth-order valence-electron chi connectivity index (χ4n) is 1.65. The quantitative estimate of drug-likeness (QED) is 0.856. The highest BCUT2D eigenvalue weighted by Gasteiger charge is 2.15. The molecule has 0 unspecified atom stereocenters. The van der Waals surface area contributed by atoms with Crippen molar-refractivity contribution >= 4 is 23.2 Å². The van der Waals surface area contributed by atoms with Gasteiger partial charge >= 0.3 is 11.8 Å². The Hall–Kier alpha value is -2.96. The van der Waals surface area contributed by atoms with Crippen LogP contribution in [-0.4, -0.2) is 18.9 Å². The molecule has 0 atom stereocenters. The monoisotopic (exact) mass is 306 g/mol. The van der Waals surface area contributed by atoms with Gasteiger partial charge in [-0.15, -0.1) is 0 Å². The molecule has 114 valence electrons. The summed E-state index contributed by atoms with van der Waals surface area (Å²) in [5.74, 6) is -3.60. The van der Waals surface area contributed by atoms with Gasteiger partial charge in [-0.1, -0.05) is 6.07 Å². The van der Waals surface area contributed by atoms with Gasteiger partial charge in [-0.05, 0) is 24.3 Å². The van der Waals surface area contributed by atoms with E-state index in [1.54, 1.807) is 18.2 Å². The van der Waals surface area contributed by atoms with E-state index >= 15 is 0 Å². The lowest BCUT2D eigenvalue weighted by atomic mass is 10.3. The maximum absolute atomic E-state index is 13.0. The van der Waals surface area contributed by atoms with Crippen molar-refractivity contribution in [1.82, 2.24) is 0 Å². The molecule has 5 nitrogen and oxygen atoms in total. The summed E-state index contributed by atoms with van der Waals surface area (Å²) in [6.45, 7) is 0. The summed E-state index contributed by atoms with van der Waals surface area (Å²) in [6.07, 6.45) is 0. The van der Waals surface area contributed by atoms with E-state index < -0.39 is 23.4 Å². The van der Waals surface area contributed by atoms with Crippen LogP contribution in [0.1, 0.15) is 0 Å². The van der Waals surface area contributed by atoms with Crippen LogP contribution in [0.15, 0.2) is 42.5 Å². The van der Waals surface area contributed by atoms with Gasteiger partial charge in [0.2, 0.25) is 0 Å². The second-order valence-electron chi connectivity index (χ2n) is 4.27. The lowest BCUT2D eigenvalue weighted by Crippen LogP contribution is -2.29. The van der Waals surface area contributed by atoms with Crippen LogP contribution >= 0.6 is 0 Å². The number of hydrogen-bond acceptors (Lipinski definition) is 3. The van der Waals surface area contributed by atoms with E-state index in [9.17, 15) is 18.4 Å². The summed E-state index contributed by atoms with van der Waals surface area (Å²) in [5.41, 5.74) is 0.342. The lowest BCUT2D eigenvalue weighted by molar-refractivity contribution is -0.133. The maximum atomic E-state index is 13.0. The highest BCUT2D eigenvalue weighted by Crippen LogP contribution is 2.17. The van der Waals surface area contributed by atoms with Gasteiger partial charge in [0.05, 0.1) is 7.11 Å². The normalized spacial score (nSPS) is 9.95. The third-order valence-electron chi connectivity index (χ3n) is 2.71. The van der Waals surface area contributed by atoms with Crippen LogP contribution in [-0.2, 0) is 9.59 Å². The Morgan fingerprint density at radius 2 is 1.55 bits per heavy atom. The van der Waals surface area contributed by atoms with Crippen LogP contribution < -0.4 is 15.4 Å². The number of ether oxygens (including phenoxy) is 1. The molecular weight excluding hydrogens is 294 g/mol. The predicted molar refractivity (Wildman–Crippen MR) is 76.6 cm³/mol. The van der Waals surface area contributed by atoms with Crippen molar-refractivity contribution in [3.8, 4) is 5.75 Å². The summed E-state index contributed by atoms with van der Waals surface area (Å²) >= 11 is 0. The van der Waals surface area contributed by atoms with Crippen molar-refractivity contribution in [3.63, 3.8) is 0 Å². The zero-order valence-electron chi connectivity index (χ0n) is 11.5. The molecule has 0 bridgehead atoms. The van der Waals surface area contributed by atoms with Gasteiger partial charge in [0, 0.05) is 23.5 Å². The van der Waals surface area contributed by atoms with Gasteiger partial charge in [0.15, 0.2) is 11.6 Å². The molecule has 0 saturated carbocycles. The van der Waals surface area contributed by atoms with Crippen molar-refractivity contribution < 1.29 is 23.1 Å². The minimum atomic E-state index is -1.12. The molecular formula is C15H12F2N2O3. The minimum absolute atomic E-state index is 0.0234. The van der Waals surface area contributed by atoms with E-state index in [1.807, 2.05) is 0 Å². The van der Waals surface area contributed by atoms with Crippen LogP contribution in [0.2, 0.25) is 0 Å². The largest absolute Gasteiger partial charge is 0.497 e. The molecule has 0 aromatic heterocycles. The number of nitrogens with one attached hydrogen (secondary N) is 2. The molecule has 2 rings (SSSR count). The van der Waals surface area contributed by atoms with Gasteiger partial charge < -0.3 is 15.4 Å². The summed E-state index contributed by atoms with van der Waals surface area (Å²) in [4.78, 5) is 23.4. The standard InChI is InChI=1S/C15H12F2N2O3/c1-22-11-4-2-3-9(7-11)18-14(20)15(21)19-10-5-6-12(16)13(17)8-10/h2-8H,1H3,(H,18,20)(H,19,21). The molecule has 0 radical (unpaired) electrons. The Labute approximate surface area is 124 Å². The fourth-order valence-corrected chi connectivity index (χ4v) is 1.65. The summed E-state index contributed by atoms with van der Waals surface area (Å²) < 4.78 is 30.8. The van der Waals surface area contributed by atoms with Crippen molar-refractivity contribution in [2.75, 3.05) is 17.7 Å². The number of anilines is 2. The summed E-state index contributed by atoms with van der Waals surface area (Å²) in [6, 6.07) is 9.21. The molecule has 2 aromatic carbocycles. The van der Waals surface area contributed by atoms with Crippen molar-refractivity contribution in [2.45, 2.75) is 0 Å². The topological polar surface area (TPSA) is 67.4 Å². The van der Waals surface area contributed by atoms with E-state index in [0.29, 0.717) is 11.4 Å². The first-order valence-electron chi connectivity index (χ1n) is 6.21. The first kappa shape index (κ1) is 15.4. The zero-order chi connectivity index (χ0) is 16.1. The Balaban J connectivity index is 2.02. The number of rotatable bonds is 3. The molecule has 0 spiro atoms. The third-order valence-corrected chi connectivity index (χ3v) is 2.71. The number of carbonyl (C=O) groups excluding carboxylic acids is 2. The molecule has 0 saturated heterocycles. The maximum Gasteiger partial charge on any atom is 0.314 e. The molecule has 22 heavy (non-hydrogen) atoms. The first-order valence-corrected chi connectivity index (χ1v) is 6.21.